The second-order valence-electron chi connectivity index (χ2n) is 12.7. The quantitative estimate of drug-likeness (QED) is 0.138. The standard InChI is InChI=1S/C49H37NS/c1-3-36(39-20-22-40(23-21-39)37-12-6-4-7-13-37)19-18-35(2)50(49-34-46-32-44-16-10-11-17-45(44)33-48(46)51-49)47-30-28-43(29-31-47)42-26-24-41(25-27-42)38-14-8-5-9-15-38/h3-34H,1H2,2H3/b35-18+,36-19+. The van der Waals surface area contributed by atoms with Gasteiger partial charge in [-0.15, -0.1) is 11.3 Å². The maximum Gasteiger partial charge on any atom is 0.101 e. The Morgan fingerprint density at radius 1 is 0.490 bits per heavy atom. The molecule has 0 saturated carbocycles. The molecule has 0 atom stereocenters. The number of anilines is 2. The van der Waals surface area contributed by atoms with Crippen LogP contribution in [0.2, 0.25) is 0 Å². The fourth-order valence-electron chi connectivity index (χ4n) is 6.67. The van der Waals surface area contributed by atoms with Gasteiger partial charge < -0.3 is 4.90 Å². The molecular weight excluding hydrogens is 635 g/mol. The molecule has 2 heteroatoms. The largest absolute Gasteiger partial charge is 0.306 e. The van der Waals surface area contributed by atoms with Crippen molar-refractivity contribution in [1.82, 2.24) is 0 Å². The molecule has 0 aliphatic carbocycles. The molecule has 1 nitrogen and oxygen atoms in total. The molecule has 0 amide bonds. The van der Waals surface area contributed by atoms with Gasteiger partial charge in [0.25, 0.3) is 0 Å². The SMILES string of the molecule is C=C/C(=C\C=C(/C)N(c1ccc(-c2ccc(-c3ccccc3)cc2)cc1)c1cc2cc3ccccc3cc2s1)c1ccc(-c2ccccc2)cc1. The summed E-state index contributed by atoms with van der Waals surface area (Å²) < 4.78 is 1.28. The van der Waals surface area contributed by atoms with E-state index >= 15 is 0 Å². The van der Waals surface area contributed by atoms with Gasteiger partial charge in [0.1, 0.15) is 5.00 Å². The molecule has 0 unspecified atom stereocenters. The number of hydrogen-bond donors (Lipinski definition) is 0. The van der Waals surface area contributed by atoms with Crippen LogP contribution in [0.25, 0.3) is 59.8 Å². The molecular formula is C49H37NS. The first-order valence-electron chi connectivity index (χ1n) is 17.3. The summed E-state index contributed by atoms with van der Waals surface area (Å²) >= 11 is 1.82. The molecule has 0 bridgehead atoms. The van der Waals surface area contributed by atoms with Crippen molar-refractivity contribution in [2.75, 3.05) is 4.90 Å². The zero-order valence-electron chi connectivity index (χ0n) is 28.5. The van der Waals surface area contributed by atoms with Gasteiger partial charge >= 0.3 is 0 Å². The van der Waals surface area contributed by atoms with Crippen LogP contribution in [-0.2, 0) is 0 Å². The van der Waals surface area contributed by atoms with Gasteiger partial charge in [-0.1, -0.05) is 164 Å². The van der Waals surface area contributed by atoms with Gasteiger partial charge in [-0.25, -0.2) is 0 Å². The topological polar surface area (TPSA) is 3.24 Å². The van der Waals surface area contributed by atoms with Crippen LogP contribution >= 0.6 is 11.3 Å². The summed E-state index contributed by atoms with van der Waals surface area (Å²) in [6.45, 7) is 6.35. The zero-order chi connectivity index (χ0) is 34.6. The summed E-state index contributed by atoms with van der Waals surface area (Å²) in [7, 11) is 0. The minimum absolute atomic E-state index is 1.07. The fourth-order valence-corrected chi connectivity index (χ4v) is 7.84. The number of hydrogen-bond acceptors (Lipinski definition) is 2. The lowest BCUT2D eigenvalue weighted by molar-refractivity contribution is 1.18. The van der Waals surface area contributed by atoms with Crippen molar-refractivity contribution in [3.8, 4) is 33.4 Å². The van der Waals surface area contributed by atoms with Crippen LogP contribution in [0.3, 0.4) is 0 Å². The third-order valence-corrected chi connectivity index (χ3v) is 10.5. The van der Waals surface area contributed by atoms with E-state index in [1.54, 1.807) is 0 Å². The summed E-state index contributed by atoms with van der Waals surface area (Å²) in [5.74, 6) is 0. The minimum Gasteiger partial charge on any atom is -0.306 e. The Balaban J connectivity index is 1.14. The fraction of sp³-hybridized carbons (Fsp3) is 0.0204. The Labute approximate surface area is 304 Å². The summed E-state index contributed by atoms with van der Waals surface area (Å²) in [4.78, 5) is 2.37. The van der Waals surface area contributed by atoms with Crippen molar-refractivity contribution in [2.24, 2.45) is 0 Å². The number of fused-ring (bicyclic) bond motifs is 2. The van der Waals surface area contributed by atoms with Crippen LogP contribution in [0.15, 0.2) is 206 Å². The van der Waals surface area contributed by atoms with Crippen molar-refractivity contribution in [3.05, 3.63) is 212 Å². The van der Waals surface area contributed by atoms with E-state index in [0.29, 0.717) is 0 Å². The predicted molar refractivity (Wildman–Crippen MR) is 223 cm³/mol. The molecule has 0 saturated heterocycles. The average Bonchev–Trinajstić information content (AvgIpc) is 3.60. The van der Waals surface area contributed by atoms with Gasteiger partial charge in [-0.3, -0.25) is 0 Å². The van der Waals surface area contributed by atoms with E-state index in [9.17, 15) is 0 Å². The lowest BCUT2D eigenvalue weighted by Gasteiger charge is -2.24. The van der Waals surface area contributed by atoms with E-state index in [0.717, 1.165) is 22.5 Å². The molecule has 51 heavy (non-hydrogen) atoms. The van der Waals surface area contributed by atoms with E-state index in [1.807, 2.05) is 23.5 Å². The molecule has 0 aliphatic rings. The van der Waals surface area contributed by atoms with Gasteiger partial charge in [0.05, 0.1) is 0 Å². The third kappa shape index (κ3) is 6.83. The summed E-state index contributed by atoms with van der Waals surface area (Å²) in [5.41, 5.74) is 11.7. The summed E-state index contributed by atoms with van der Waals surface area (Å²) in [6.07, 6.45) is 6.32. The van der Waals surface area contributed by atoms with Gasteiger partial charge in [0.15, 0.2) is 0 Å². The normalized spacial score (nSPS) is 11.9. The molecule has 0 aliphatic heterocycles. The number of nitrogens with zero attached hydrogens (tertiary/aromatic N) is 1. The van der Waals surface area contributed by atoms with E-state index in [2.05, 4.69) is 200 Å². The van der Waals surface area contributed by atoms with Crippen molar-refractivity contribution in [1.29, 1.82) is 0 Å². The second-order valence-corrected chi connectivity index (χ2v) is 13.8. The summed E-state index contributed by atoms with van der Waals surface area (Å²) in [5, 5.41) is 4.95. The summed E-state index contributed by atoms with van der Waals surface area (Å²) in [6, 6.07) is 63.0. The first-order chi connectivity index (χ1) is 25.1. The molecule has 7 aromatic carbocycles. The molecule has 1 aromatic heterocycles. The lowest BCUT2D eigenvalue weighted by atomic mass is 10.00. The molecule has 0 spiro atoms. The zero-order valence-corrected chi connectivity index (χ0v) is 29.4. The maximum atomic E-state index is 4.16. The first kappa shape index (κ1) is 32.0. The van der Waals surface area contributed by atoms with E-state index in [4.69, 9.17) is 0 Å². The van der Waals surface area contributed by atoms with Gasteiger partial charge in [-0.05, 0) is 104 Å². The Kier molecular flexibility index (Phi) is 8.99. The molecule has 0 fully saturated rings. The second kappa shape index (κ2) is 14.3. The van der Waals surface area contributed by atoms with Crippen LogP contribution < -0.4 is 4.90 Å². The molecule has 0 N–H and O–H groups in total. The van der Waals surface area contributed by atoms with Gasteiger partial charge in [0.2, 0.25) is 0 Å². The maximum absolute atomic E-state index is 4.16. The Bertz CT molecular complexity index is 2450. The highest BCUT2D eigenvalue weighted by Crippen LogP contribution is 2.41. The highest BCUT2D eigenvalue weighted by Gasteiger charge is 2.16. The van der Waals surface area contributed by atoms with E-state index in [-0.39, 0.29) is 0 Å². The smallest absolute Gasteiger partial charge is 0.101 e. The van der Waals surface area contributed by atoms with Crippen LogP contribution in [-0.4, -0.2) is 0 Å². The molecule has 8 rings (SSSR count). The number of thiophene rings is 1. The van der Waals surface area contributed by atoms with Crippen LogP contribution in [0.5, 0.6) is 0 Å². The van der Waals surface area contributed by atoms with Crippen LogP contribution in [0, 0.1) is 0 Å². The Morgan fingerprint density at radius 3 is 1.51 bits per heavy atom. The highest BCUT2D eigenvalue weighted by molar-refractivity contribution is 7.23. The van der Waals surface area contributed by atoms with Gasteiger partial charge in [0, 0.05) is 16.1 Å². The van der Waals surface area contributed by atoms with Crippen molar-refractivity contribution >= 4 is 48.5 Å². The van der Waals surface area contributed by atoms with Crippen molar-refractivity contribution < 1.29 is 0 Å². The first-order valence-corrected chi connectivity index (χ1v) is 18.1. The van der Waals surface area contributed by atoms with E-state index in [1.165, 1.54) is 59.2 Å². The highest BCUT2D eigenvalue weighted by atomic mass is 32.1. The lowest BCUT2D eigenvalue weighted by Crippen LogP contribution is -2.12. The van der Waals surface area contributed by atoms with Crippen molar-refractivity contribution in [3.63, 3.8) is 0 Å². The van der Waals surface area contributed by atoms with Crippen LogP contribution in [0.1, 0.15) is 12.5 Å². The van der Waals surface area contributed by atoms with E-state index < -0.39 is 0 Å². The Morgan fingerprint density at radius 2 is 0.961 bits per heavy atom. The molecule has 244 valence electrons. The molecule has 0 radical (unpaired) electrons. The third-order valence-electron chi connectivity index (χ3n) is 9.44. The number of rotatable bonds is 9. The van der Waals surface area contributed by atoms with Gasteiger partial charge in [-0.2, -0.15) is 0 Å². The average molecular weight is 672 g/mol. The minimum atomic E-state index is 1.07. The number of allylic oxidation sites excluding steroid dienone is 5. The van der Waals surface area contributed by atoms with Crippen LogP contribution in [0.4, 0.5) is 10.7 Å². The Hall–Kier alpha value is -6.22. The molecule has 1 heterocycles. The number of benzene rings is 7. The van der Waals surface area contributed by atoms with Crippen molar-refractivity contribution in [2.45, 2.75) is 6.92 Å². The monoisotopic (exact) mass is 671 g/mol. The molecule has 8 aromatic rings. The predicted octanol–water partition coefficient (Wildman–Crippen LogP) is 14.4.